The van der Waals surface area contributed by atoms with E-state index in [1.54, 1.807) is 0 Å². The van der Waals surface area contributed by atoms with Crippen LogP contribution in [0, 0.1) is 5.92 Å². The summed E-state index contributed by atoms with van der Waals surface area (Å²) in [7, 11) is 0. The van der Waals surface area contributed by atoms with Crippen molar-refractivity contribution < 1.29 is 0 Å². The third-order valence-electron chi connectivity index (χ3n) is 2.54. The lowest BCUT2D eigenvalue weighted by molar-refractivity contribution is 0.232. The van der Waals surface area contributed by atoms with Crippen molar-refractivity contribution in [1.82, 2.24) is 4.90 Å². The van der Waals surface area contributed by atoms with Crippen LogP contribution in [0.25, 0.3) is 0 Å². The monoisotopic (exact) mass is 156 g/mol. The Balaban J connectivity index is 2.36. The van der Waals surface area contributed by atoms with E-state index in [-0.39, 0.29) is 0 Å². The topological polar surface area (TPSA) is 29.3 Å². The molecule has 11 heavy (non-hydrogen) atoms. The van der Waals surface area contributed by atoms with Crippen LogP contribution in [0.2, 0.25) is 0 Å². The van der Waals surface area contributed by atoms with Gasteiger partial charge in [-0.25, -0.2) is 0 Å². The van der Waals surface area contributed by atoms with Gasteiger partial charge in [0.05, 0.1) is 0 Å². The largest absolute Gasteiger partial charge is 0.326 e. The second kappa shape index (κ2) is 3.55. The molecule has 0 aromatic rings. The first-order valence-corrected chi connectivity index (χ1v) is 4.61. The summed E-state index contributed by atoms with van der Waals surface area (Å²) in [5.74, 6) is 0.766. The number of likely N-dealkylation sites (tertiary alicyclic amines) is 1. The Hall–Kier alpha value is -0.0800. The molecular formula is C9H20N2. The molecule has 1 heterocycles. The second-order valence-electron chi connectivity index (χ2n) is 4.08. The summed E-state index contributed by atoms with van der Waals surface area (Å²) in [6.45, 7) is 9.16. The van der Waals surface area contributed by atoms with Crippen molar-refractivity contribution in [2.24, 2.45) is 11.7 Å². The Kier molecular flexibility index (Phi) is 2.90. The van der Waals surface area contributed by atoms with Crippen LogP contribution in [0.3, 0.4) is 0 Å². The highest BCUT2D eigenvalue weighted by Gasteiger charge is 2.27. The molecule has 1 aliphatic rings. The maximum Gasteiger partial charge on any atom is 0.0219 e. The molecule has 2 atom stereocenters. The molecule has 0 amide bonds. The number of nitrogens with two attached hydrogens (primary N) is 1. The van der Waals surface area contributed by atoms with E-state index in [1.807, 2.05) is 0 Å². The average molecular weight is 156 g/mol. The highest BCUT2D eigenvalue weighted by Crippen LogP contribution is 2.16. The summed E-state index contributed by atoms with van der Waals surface area (Å²) < 4.78 is 0. The number of rotatable bonds is 2. The van der Waals surface area contributed by atoms with Gasteiger partial charge in [-0.3, -0.25) is 4.90 Å². The fourth-order valence-corrected chi connectivity index (χ4v) is 1.76. The maximum absolute atomic E-state index is 5.90. The molecule has 2 heteroatoms. The molecule has 1 aliphatic heterocycles. The molecule has 2 N–H and O–H groups in total. The van der Waals surface area contributed by atoms with Crippen molar-refractivity contribution >= 4 is 0 Å². The predicted molar refractivity (Wildman–Crippen MR) is 48.5 cm³/mol. The Labute approximate surface area is 69.8 Å². The first-order valence-electron chi connectivity index (χ1n) is 4.61. The van der Waals surface area contributed by atoms with E-state index in [2.05, 4.69) is 25.7 Å². The number of hydrogen-bond donors (Lipinski definition) is 1. The SMILES string of the molecule is CC(C)CN1CCC(N)C1C. The van der Waals surface area contributed by atoms with Crippen LogP contribution in [0.4, 0.5) is 0 Å². The van der Waals surface area contributed by atoms with Crippen LogP contribution in [-0.2, 0) is 0 Å². The summed E-state index contributed by atoms with van der Waals surface area (Å²) in [6.07, 6.45) is 1.17. The van der Waals surface area contributed by atoms with Crippen LogP contribution in [0.5, 0.6) is 0 Å². The van der Waals surface area contributed by atoms with Crippen LogP contribution in [0.1, 0.15) is 27.2 Å². The lowest BCUT2D eigenvalue weighted by Gasteiger charge is -2.24. The summed E-state index contributed by atoms with van der Waals surface area (Å²) in [5, 5.41) is 0. The first kappa shape index (κ1) is 9.01. The van der Waals surface area contributed by atoms with E-state index in [9.17, 15) is 0 Å². The lowest BCUT2D eigenvalue weighted by atomic mass is 10.1. The summed E-state index contributed by atoms with van der Waals surface area (Å²) in [4.78, 5) is 2.50. The van der Waals surface area contributed by atoms with Crippen molar-refractivity contribution in [3.63, 3.8) is 0 Å². The van der Waals surface area contributed by atoms with E-state index in [0.717, 1.165) is 5.92 Å². The zero-order valence-corrected chi connectivity index (χ0v) is 7.88. The Bertz CT molecular complexity index is 123. The zero-order valence-electron chi connectivity index (χ0n) is 7.88. The molecule has 1 saturated heterocycles. The summed E-state index contributed by atoms with van der Waals surface area (Å²) in [6, 6.07) is 1.01. The molecular weight excluding hydrogens is 136 g/mol. The van der Waals surface area contributed by atoms with Gasteiger partial charge in [-0.05, 0) is 19.3 Å². The molecule has 2 nitrogen and oxygen atoms in total. The van der Waals surface area contributed by atoms with Gasteiger partial charge in [0.1, 0.15) is 0 Å². The predicted octanol–water partition coefficient (Wildman–Crippen LogP) is 1.06. The van der Waals surface area contributed by atoms with Crippen LogP contribution in [-0.4, -0.2) is 30.1 Å². The van der Waals surface area contributed by atoms with E-state index < -0.39 is 0 Å². The Morgan fingerprint density at radius 1 is 1.55 bits per heavy atom. The molecule has 0 spiro atoms. The van der Waals surface area contributed by atoms with Gasteiger partial charge in [0, 0.05) is 25.2 Å². The smallest absolute Gasteiger partial charge is 0.0219 e. The van der Waals surface area contributed by atoms with Gasteiger partial charge in [0.25, 0.3) is 0 Å². The number of nitrogens with zero attached hydrogens (tertiary/aromatic N) is 1. The molecule has 2 unspecified atom stereocenters. The fraction of sp³-hybridized carbons (Fsp3) is 1.00. The van der Waals surface area contributed by atoms with Gasteiger partial charge < -0.3 is 5.73 Å². The van der Waals surface area contributed by atoms with Crippen molar-refractivity contribution in [1.29, 1.82) is 0 Å². The summed E-state index contributed by atoms with van der Waals surface area (Å²) >= 11 is 0. The third-order valence-corrected chi connectivity index (χ3v) is 2.54. The van der Waals surface area contributed by atoms with Crippen molar-refractivity contribution in [3.8, 4) is 0 Å². The van der Waals surface area contributed by atoms with Gasteiger partial charge >= 0.3 is 0 Å². The minimum absolute atomic E-state index is 0.411. The summed E-state index contributed by atoms with van der Waals surface area (Å²) in [5.41, 5.74) is 5.90. The average Bonchev–Trinajstić information content (AvgIpc) is 2.18. The quantitative estimate of drug-likeness (QED) is 0.648. The molecule has 0 saturated carbocycles. The van der Waals surface area contributed by atoms with Crippen LogP contribution >= 0.6 is 0 Å². The highest BCUT2D eigenvalue weighted by molar-refractivity contribution is 4.86. The van der Waals surface area contributed by atoms with E-state index >= 15 is 0 Å². The van der Waals surface area contributed by atoms with E-state index in [0.29, 0.717) is 12.1 Å². The molecule has 1 fully saturated rings. The van der Waals surface area contributed by atoms with E-state index in [1.165, 1.54) is 19.5 Å². The normalized spacial score (nSPS) is 33.5. The molecule has 0 aromatic heterocycles. The maximum atomic E-state index is 5.90. The van der Waals surface area contributed by atoms with Gasteiger partial charge in [-0.1, -0.05) is 13.8 Å². The molecule has 0 radical (unpaired) electrons. The number of hydrogen-bond acceptors (Lipinski definition) is 2. The van der Waals surface area contributed by atoms with Gasteiger partial charge in [0.15, 0.2) is 0 Å². The Morgan fingerprint density at radius 2 is 2.18 bits per heavy atom. The van der Waals surface area contributed by atoms with Gasteiger partial charge in [-0.15, -0.1) is 0 Å². The van der Waals surface area contributed by atoms with Gasteiger partial charge in [0.2, 0.25) is 0 Å². The van der Waals surface area contributed by atoms with Crippen molar-refractivity contribution in [2.45, 2.75) is 39.3 Å². The highest BCUT2D eigenvalue weighted by atomic mass is 15.2. The van der Waals surface area contributed by atoms with E-state index in [4.69, 9.17) is 5.73 Å². The lowest BCUT2D eigenvalue weighted by Crippen LogP contribution is -2.38. The fourth-order valence-electron chi connectivity index (χ4n) is 1.76. The minimum atomic E-state index is 0.411. The second-order valence-corrected chi connectivity index (χ2v) is 4.08. The molecule has 1 rings (SSSR count). The first-order chi connectivity index (χ1) is 5.11. The molecule has 0 bridgehead atoms. The molecule has 0 aliphatic carbocycles. The van der Waals surface area contributed by atoms with Crippen LogP contribution < -0.4 is 5.73 Å². The minimum Gasteiger partial charge on any atom is -0.326 e. The zero-order chi connectivity index (χ0) is 8.43. The van der Waals surface area contributed by atoms with Crippen molar-refractivity contribution in [3.05, 3.63) is 0 Å². The third kappa shape index (κ3) is 2.17. The molecule has 0 aromatic carbocycles. The standard InChI is InChI=1S/C9H20N2/c1-7(2)6-11-5-4-9(10)8(11)3/h7-9H,4-6,10H2,1-3H3. The van der Waals surface area contributed by atoms with Crippen LogP contribution in [0.15, 0.2) is 0 Å². The van der Waals surface area contributed by atoms with Gasteiger partial charge in [-0.2, -0.15) is 0 Å². The molecule has 66 valence electrons. The van der Waals surface area contributed by atoms with Crippen molar-refractivity contribution in [2.75, 3.05) is 13.1 Å². The Morgan fingerprint density at radius 3 is 2.55 bits per heavy atom.